The molecule has 4 aliphatic carbocycles. The van der Waals surface area contributed by atoms with Crippen LogP contribution in [0.4, 0.5) is 0 Å². The van der Waals surface area contributed by atoms with Crippen LogP contribution in [0, 0.1) is 29.1 Å². The summed E-state index contributed by atoms with van der Waals surface area (Å²) in [6, 6.07) is 0. The second-order valence-corrected chi connectivity index (χ2v) is 6.80. The van der Waals surface area contributed by atoms with Gasteiger partial charge in [0, 0.05) is 0 Å². The van der Waals surface area contributed by atoms with Crippen molar-refractivity contribution in [2.45, 2.75) is 44.9 Å². The molecule has 0 aromatic carbocycles. The van der Waals surface area contributed by atoms with Gasteiger partial charge in [-0.05, 0) is 68.1 Å². The molecular weight excluding hydrogens is 212 g/mol. The fraction of sp³-hybridized carbons (Fsp3) is 0.800. The molecule has 0 spiro atoms. The minimum absolute atomic E-state index is 0.328. The molecule has 0 heterocycles. The van der Waals surface area contributed by atoms with Gasteiger partial charge >= 0.3 is 5.97 Å². The van der Waals surface area contributed by atoms with Crippen molar-refractivity contribution >= 4 is 5.97 Å². The van der Waals surface area contributed by atoms with Crippen LogP contribution in [0.3, 0.4) is 0 Å². The standard InChI is InChI=1S/C15H22O2/c1-2-13(14(16)17)9-15-6-10-3-11(7-15)5-12(4-10)8-15/h2,10-13H,1,3-9H2,(H,16,17). The lowest BCUT2D eigenvalue weighted by Gasteiger charge is -2.57. The molecule has 1 unspecified atom stereocenters. The SMILES string of the molecule is C=CC(CC12CC3CC(CC(C3)C1)C2)C(=O)O. The van der Waals surface area contributed by atoms with Gasteiger partial charge in [-0.15, -0.1) is 6.58 Å². The van der Waals surface area contributed by atoms with E-state index in [1.54, 1.807) is 6.08 Å². The van der Waals surface area contributed by atoms with Crippen LogP contribution in [0.2, 0.25) is 0 Å². The summed E-state index contributed by atoms with van der Waals surface area (Å²) in [6.07, 6.45) is 10.6. The number of rotatable bonds is 4. The molecule has 2 heteroatoms. The summed E-state index contributed by atoms with van der Waals surface area (Å²) >= 11 is 0. The fourth-order valence-electron chi connectivity index (χ4n) is 5.28. The summed E-state index contributed by atoms with van der Waals surface area (Å²) in [4.78, 5) is 11.2. The lowest BCUT2D eigenvalue weighted by Crippen LogP contribution is -2.47. The normalized spacial score (nSPS) is 44.6. The summed E-state index contributed by atoms with van der Waals surface area (Å²) in [6.45, 7) is 3.70. The van der Waals surface area contributed by atoms with Gasteiger partial charge < -0.3 is 5.11 Å². The third-order valence-corrected chi connectivity index (χ3v) is 5.42. The van der Waals surface area contributed by atoms with Crippen LogP contribution < -0.4 is 0 Å². The maximum Gasteiger partial charge on any atom is 0.310 e. The van der Waals surface area contributed by atoms with Gasteiger partial charge in [0.2, 0.25) is 0 Å². The Bertz CT molecular complexity index is 310. The molecule has 1 atom stereocenters. The third-order valence-electron chi connectivity index (χ3n) is 5.42. The molecule has 0 aromatic heterocycles. The van der Waals surface area contributed by atoms with Gasteiger partial charge in [-0.25, -0.2) is 0 Å². The van der Waals surface area contributed by atoms with Gasteiger partial charge in [0.05, 0.1) is 5.92 Å². The number of carbonyl (C=O) groups is 1. The molecule has 0 aromatic rings. The molecule has 4 bridgehead atoms. The van der Waals surface area contributed by atoms with E-state index in [9.17, 15) is 9.90 Å². The van der Waals surface area contributed by atoms with Crippen LogP contribution in [0.1, 0.15) is 44.9 Å². The summed E-state index contributed by atoms with van der Waals surface area (Å²) < 4.78 is 0. The van der Waals surface area contributed by atoms with Crippen LogP contribution in [-0.2, 0) is 4.79 Å². The van der Waals surface area contributed by atoms with Gasteiger partial charge in [-0.2, -0.15) is 0 Å². The second kappa shape index (κ2) is 3.86. The molecule has 1 N–H and O–H groups in total. The first-order valence-corrected chi connectivity index (χ1v) is 6.95. The number of aliphatic carboxylic acids is 1. The second-order valence-electron chi connectivity index (χ2n) is 6.80. The average Bonchev–Trinajstić information content (AvgIpc) is 2.23. The Morgan fingerprint density at radius 2 is 1.71 bits per heavy atom. The first kappa shape index (κ1) is 11.3. The van der Waals surface area contributed by atoms with Crippen molar-refractivity contribution in [1.29, 1.82) is 0 Å². The Morgan fingerprint density at radius 1 is 1.24 bits per heavy atom. The predicted octanol–water partition coefficient (Wildman–Crippen LogP) is 3.48. The van der Waals surface area contributed by atoms with E-state index < -0.39 is 5.97 Å². The Labute approximate surface area is 103 Å². The predicted molar refractivity (Wildman–Crippen MR) is 66.5 cm³/mol. The molecule has 17 heavy (non-hydrogen) atoms. The van der Waals surface area contributed by atoms with E-state index in [1.165, 1.54) is 38.5 Å². The summed E-state index contributed by atoms with van der Waals surface area (Å²) in [5.74, 6) is 1.70. The topological polar surface area (TPSA) is 37.3 Å². The van der Waals surface area contributed by atoms with E-state index in [1.807, 2.05) is 0 Å². The fourth-order valence-corrected chi connectivity index (χ4v) is 5.28. The number of hydrogen-bond acceptors (Lipinski definition) is 1. The maximum absolute atomic E-state index is 11.2. The van der Waals surface area contributed by atoms with Crippen molar-refractivity contribution < 1.29 is 9.90 Å². The third kappa shape index (κ3) is 1.92. The van der Waals surface area contributed by atoms with Crippen LogP contribution in [-0.4, -0.2) is 11.1 Å². The largest absolute Gasteiger partial charge is 0.481 e. The first-order valence-electron chi connectivity index (χ1n) is 6.95. The Balaban J connectivity index is 1.77. The molecule has 0 radical (unpaired) electrons. The quantitative estimate of drug-likeness (QED) is 0.756. The van der Waals surface area contributed by atoms with E-state index in [0.29, 0.717) is 5.41 Å². The van der Waals surface area contributed by atoms with Crippen LogP contribution in [0.25, 0.3) is 0 Å². The average molecular weight is 234 g/mol. The Hall–Kier alpha value is -0.790. The minimum atomic E-state index is -0.684. The summed E-state index contributed by atoms with van der Waals surface area (Å²) in [5, 5.41) is 9.20. The number of carboxylic acid groups (broad SMARTS) is 1. The molecule has 0 amide bonds. The molecule has 4 rings (SSSR count). The van der Waals surface area contributed by atoms with Crippen LogP contribution >= 0.6 is 0 Å². The van der Waals surface area contributed by atoms with Gasteiger partial charge in [0.25, 0.3) is 0 Å². The van der Waals surface area contributed by atoms with Gasteiger partial charge in [-0.3, -0.25) is 4.79 Å². The zero-order valence-electron chi connectivity index (χ0n) is 10.4. The zero-order chi connectivity index (χ0) is 12.0. The zero-order valence-corrected chi connectivity index (χ0v) is 10.4. The Kier molecular flexibility index (Phi) is 2.57. The molecular formula is C15H22O2. The van der Waals surface area contributed by atoms with Crippen molar-refractivity contribution in [3.8, 4) is 0 Å². The van der Waals surface area contributed by atoms with Gasteiger partial charge in [0.1, 0.15) is 0 Å². The smallest absolute Gasteiger partial charge is 0.310 e. The van der Waals surface area contributed by atoms with E-state index in [-0.39, 0.29) is 5.92 Å². The molecule has 0 aliphatic heterocycles. The molecule has 4 fully saturated rings. The summed E-state index contributed by atoms with van der Waals surface area (Å²) in [7, 11) is 0. The van der Waals surface area contributed by atoms with Crippen molar-refractivity contribution in [2.24, 2.45) is 29.1 Å². The van der Waals surface area contributed by atoms with Gasteiger partial charge in [0.15, 0.2) is 0 Å². The van der Waals surface area contributed by atoms with Crippen LogP contribution in [0.15, 0.2) is 12.7 Å². The molecule has 4 saturated carbocycles. The molecule has 0 saturated heterocycles. The van der Waals surface area contributed by atoms with Crippen molar-refractivity contribution in [3.05, 3.63) is 12.7 Å². The van der Waals surface area contributed by atoms with Gasteiger partial charge in [-0.1, -0.05) is 6.08 Å². The van der Waals surface area contributed by atoms with Crippen LogP contribution in [0.5, 0.6) is 0 Å². The van der Waals surface area contributed by atoms with Crippen molar-refractivity contribution in [3.63, 3.8) is 0 Å². The lowest BCUT2D eigenvalue weighted by molar-refractivity contribution is -0.143. The molecule has 4 aliphatic rings. The van der Waals surface area contributed by atoms with E-state index in [0.717, 1.165) is 24.2 Å². The first-order chi connectivity index (χ1) is 8.10. The van der Waals surface area contributed by atoms with E-state index >= 15 is 0 Å². The van der Waals surface area contributed by atoms with Crippen molar-refractivity contribution in [1.82, 2.24) is 0 Å². The highest BCUT2D eigenvalue weighted by Crippen LogP contribution is 2.62. The highest BCUT2D eigenvalue weighted by Gasteiger charge is 2.51. The number of hydrogen-bond donors (Lipinski definition) is 1. The minimum Gasteiger partial charge on any atom is -0.481 e. The molecule has 2 nitrogen and oxygen atoms in total. The van der Waals surface area contributed by atoms with Crippen molar-refractivity contribution in [2.75, 3.05) is 0 Å². The van der Waals surface area contributed by atoms with E-state index in [2.05, 4.69) is 6.58 Å². The highest BCUT2D eigenvalue weighted by atomic mass is 16.4. The lowest BCUT2D eigenvalue weighted by atomic mass is 9.48. The Morgan fingerprint density at radius 3 is 2.06 bits per heavy atom. The summed E-state index contributed by atoms with van der Waals surface area (Å²) in [5.41, 5.74) is 0.353. The number of carboxylic acids is 1. The highest BCUT2D eigenvalue weighted by molar-refractivity contribution is 5.72. The molecule has 94 valence electrons. The monoisotopic (exact) mass is 234 g/mol. The van der Waals surface area contributed by atoms with E-state index in [4.69, 9.17) is 0 Å². The maximum atomic E-state index is 11.2.